The van der Waals surface area contributed by atoms with E-state index in [0.717, 1.165) is 16.7 Å². The van der Waals surface area contributed by atoms with Crippen LogP contribution in [0.25, 0.3) is 0 Å². The van der Waals surface area contributed by atoms with Gasteiger partial charge >= 0.3 is 5.97 Å². The van der Waals surface area contributed by atoms with Crippen molar-refractivity contribution in [1.29, 1.82) is 0 Å². The lowest BCUT2D eigenvalue weighted by Crippen LogP contribution is -2.64. The fourth-order valence-corrected chi connectivity index (χ4v) is 11.5. The molecule has 1 aliphatic rings. The third kappa shape index (κ3) is 23.5. The molecule has 0 radical (unpaired) electrons. The number of hydrogen-bond acceptors (Lipinski definition) is 15. The van der Waals surface area contributed by atoms with E-state index in [1.807, 2.05) is 55.4 Å². The van der Waals surface area contributed by atoms with Crippen molar-refractivity contribution in [3.05, 3.63) is 24.4 Å². The summed E-state index contributed by atoms with van der Waals surface area (Å²) in [4.78, 5) is 188. The molecule has 2 rings (SSSR count). The molecular weight excluding hydrogens is 1200 g/mol. The number of esters is 1. The number of hydrogen-bond donors (Lipinski definition) is 4. The fourth-order valence-electron chi connectivity index (χ4n) is 11.5. The highest BCUT2D eigenvalue weighted by Gasteiger charge is 2.47. The standard InChI is InChI=1S/C67H114N12O14/c1-25-47-63(87)73(18)36-53(81)74(19)48(32-37(2)3)60(84)72-54(41(10)11)66(90)75(20)49(33-38(4)5)59(83)69-44(15)58(82)70-45(16)62(86)76(21)50(34-39(6)7)64(88)77(22)51(35-40(8)9)65(89)78(23)55(42(12)13)67(91)79(24)56(61(85)71-47)57(93-46(17)80)43(14)29-31-92-52-28-26-27-30-68-52/h26-28,30,37-45,47-51,54-57H,25,29,31-36H2,1-24H3,(H,69,83)(H,70,82)(H,71,85)(H,72,84)/t43-,44+,45-,47+,48+,49+,50+,51+,54+,55+,56?,57-/m1/s1. The number of rotatable bonds is 18. The van der Waals surface area contributed by atoms with E-state index in [2.05, 4.69) is 26.3 Å². The van der Waals surface area contributed by atoms with E-state index in [1.54, 1.807) is 65.9 Å². The van der Waals surface area contributed by atoms with Gasteiger partial charge < -0.3 is 65.0 Å². The number of nitrogens with zero attached hydrogens (tertiary/aromatic N) is 8. The van der Waals surface area contributed by atoms with Crippen LogP contribution in [-0.4, -0.2) is 239 Å². The monoisotopic (exact) mass is 1310 g/mol. The van der Waals surface area contributed by atoms with Crippen molar-refractivity contribution >= 4 is 70.9 Å². The normalized spacial score (nSPS) is 25.4. The molecule has 1 fully saturated rings. The van der Waals surface area contributed by atoms with Crippen LogP contribution in [0.1, 0.15) is 156 Å². The zero-order valence-electron chi connectivity index (χ0n) is 60.2. The SMILES string of the molecule is CC[C@@H]1NC(=O)C([C@H](OC(C)=O)[C@H](C)CCOc2ccccn2)N(C)C(=O)[C@H](C(C)C)N(C)C(=O)[C@H](CC(C)C)N(C)C(=O)[C@H](CC(C)C)N(C)C(=O)[C@@H](C)NC(=O)[C@H](C)NC(=O)[C@H](CC(C)C)N(C)C(=O)[C@H](C(C)C)NC(=O)[C@H](CC(C)C)N(C)C(=O)CN(C)C1=O. The first kappa shape index (κ1) is 81.7. The van der Waals surface area contributed by atoms with Gasteiger partial charge in [0.15, 0.2) is 0 Å². The van der Waals surface area contributed by atoms with Crippen molar-refractivity contribution in [2.24, 2.45) is 41.4 Å². The van der Waals surface area contributed by atoms with Crippen molar-refractivity contribution < 1.29 is 67.0 Å². The molecular formula is C67H114N12O14. The van der Waals surface area contributed by atoms with Gasteiger partial charge in [0.2, 0.25) is 70.9 Å². The van der Waals surface area contributed by atoms with Crippen molar-refractivity contribution in [3.8, 4) is 5.88 Å². The van der Waals surface area contributed by atoms with Crippen LogP contribution < -0.4 is 26.0 Å². The molecule has 0 aromatic carbocycles. The second-order valence-corrected chi connectivity index (χ2v) is 27.7. The highest BCUT2D eigenvalue weighted by atomic mass is 16.5. The van der Waals surface area contributed by atoms with Crippen molar-refractivity contribution in [2.45, 2.75) is 223 Å². The van der Waals surface area contributed by atoms with Crippen LogP contribution in [-0.2, 0) is 62.3 Å². The van der Waals surface area contributed by atoms with Crippen molar-refractivity contribution in [2.75, 3.05) is 62.5 Å². The Morgan fingerprint density at radius 1 is 0.516 bits per heavy atom. The molecule has 26 nitrogen and oxygen atoms in total. The first-order valence-corrected chi connectivity index (χ1v) is 32.9. The highest BCUT2D eigenvalue weighted by molar-refractivity contribution is 5.99. The van der Waals surface area contributed by atoms with Gasteiger partial charge in [0, 0.05) is 68.5 Å². The molecule has 1 saturated heterocycles. The number of carbonyl (C=O) groups excluding carboxylic acids is 12. The maximum Gasteiger partial charge on any atom is 0.303 e. The molecule has 93 heavy (non-hydrogen) atoms. The lowest BCUT2D eigenvalue weighted by molar-refractivity contribution is -0.164. The van der Waals surface area contributed by atoms with Crippen LogP contribution in [0.5, 0.6) is 5.88 Å². The van der Waals surface area contributed by atoms with Gasteiger partial charge in [-0.25, -0.2) is 4.98 Å². The Kier molecular flexibility index (Phi) is 32.9. The van der Waals surface area contributed by atoms with E-state index >= 15 is 19.2 Å². The minimum absolute atomic E-state index is 0.0312. The molecule has 526 valence electrons. The van der Waals surface area contributed by atoms with Gasteiger partial charge in [0.1, 0.15) is 66.5 Å². The molecule has 26 heteroatoms. The Labute approximate surface area is 553 Å². The Morgan fingerprint density at radius 2 is 0.978 bits per heavy atom. The molecule has 12 atom stereocenters. The summed E-state index contributed by atoms with van der Waals surface area (Å²) < 4.78 is 11.9. The number of pyridine rings is 1. The summed E-state index contributed by atoms with van der Waals surface area (Å²) in [5.41, 5.74) is 0. The molecule has 1 aliphatic heterocycles. The lowest BCUT2D eigenvalue weighted by Gasteiger charge is -2.42. The Hall–Kier alpha value is -7.41. The number of likely N-dealkylation sites (N-methyl/N-ethyl adjacent to an activating group) is 7. The maximum absolute atomic E-state index is 15.6. The summed E-state index contributed by atoms with van der Waals surface area (Å²) in [5.74, 6) is -10.8. The van der Waals surface area contributed by atoms with Gasteiger partial charge in [-0.15, -0.1) is 0 Å². The quantitative estimate of drug-likeness (QED) is 0.152. The molecule has 4 N–H and O–H groups in total. The summed E-state index contributed by atoms with van der Waals surface area (Å²) >= 11 is 0. The van der Waals surface area contributed by atoms with Crippen LogP contribution in [0.2, 0.25) is 0 Å². The Balaban J connectivity index is 3.05. The second-order valence-electron chi connectivity index (χ2n) is 27.7. The highest BCUT2D eigenvalue weighted by Crippen LogP contribution is 2.27. The zero-order chi connectivity index (χ0) is 71.4. The predicted octanol–water partition coefficient (Wildman–Crippen LogP) is 3.74. The average molecular weight is 1310 g/mol. The number of aromatic nitrogens is 1. The predicted molar refractivity (Wildman–Crippen MR) is 353 cm³/mol. The van der Waals surface area contributed by atoms with Crippen molar-refractivity contribution in [3.63, 3.8) is 0 Å². The third-order valence-electron chi connectivity index (χ3n) is 17.1. The summed E-state index contributed by atoms with van der Waals surface area (Å²) in [6.45, 7) is 28.5. The molecule has 2 heterocycles. The van der Waals surface area contributed by atoms with E-state index in [1.165, 1.54) is 87.7 Å². The number of carbonyl (C=O) groups is 12. The molecule has 0 aliphatic carbocycles. The largest absolute Gasteiger partial charge is 0.478 e. The van der Waals surface area contributed by atoms with Gasteiger partial charge in [-0.2, -0.15) is 0 Å². The van der Waals surface area contributed by atoms with E-state index in [-0.39, 0.29) is 68.8 Å². The van der Waals surface area contributed by atoms with Gasteiger partial charge in [-0.05, 0) is 99.9 Å². The van der Waals surface area contributed by atoms with Crippen LogP contribution >= 0.6 is 0 Å². The Bertz CT molecular complexity index is 2710. The molecule has 1 aromatic rings. The fraction of sp³-hybridized carbons (Fsp3) is 0.746. The molecule has 0 saturated carbocycles. The molecule has 0 spiro atoms. The van der Waals surface area contributed by atoms with Gasteiger partial charge in [0.05, 0.1) is 13.2 Å². The lowest BCUT2D eigenvalue weighted by atomic mass is 9.91. The summed E-state index contributed by atoms with van der Waals surface area (Å²) in [7, 11) is 9.83. The van der Waals surface area contributed by atoms with Crippen LogP contribution in [0.15, 0.2) is 24.4 Å². The number of ether oxygens (including phenoxy) is 2. The first-order valence-electron chi connectivity index (χ1n) is 32.9. The zero-order valence-corrected chi connectivity index (χ0v) is 60.2. The summed E-state index contributed by atoms with van der Waals surface area (Å²) in [6, 6.07) is -7.64. The van der Waals surface area contributed by atoms with E-state index in [9.17, 15) is 38.4 Å². The molecule has 1 unspecified atom stereocenters. The van der Waals surface area contributed by atoms with Gasteiger partial charge in [0.25, 0.3) is 0 Å². The van der Waals surface area contributed by atoms with E-state index in [4.69, 9.17) is 9.47 Å². The topological polar surface area (TPSA) is 307 Å². The van der Waals surface area contributed by atoms with Crippen molar-refractivity contribution in [1.82, 2.24) is 60.6 Å². The molecule has 1 aromatic heterocycles. The second kappa shape index (κ2) is 37.5. The smallest absolute Gasteiger partial charge is 0.303 e. The number of nitrogens with one attached hydrogen (secondary N) is 4. The van der Waals surface area contributed by atoms with Crippen LogP contribution in [0, 0.1) is 41.4 Å². The van der Waals surface area contributed by atoms with E-state index in [0.29, 0.717) is 5.88 Å². The van der Waals surface area contributed by atoms with Crippen LogP contribution in [0.3, 0.4) is 0 Å². The summed E-state index contributed by atoms with van der Waals surface area (Å²) in [6.07, 6.45) is 0.786. The maximum atomic E-state index is 15.6. The van der Waals surface area contributed by atoms with Gasteiger partial charge in [-0.3, -0.25) is 57.5 Å². The minimum Gasteiger partial charge on any atom is -0.478 e. The summed E-state index contributed by atoms with van der Waals surface area (Å²) in [5, 5.41) is 11.0. The number of amides is 11. The minimum atomic E-state index is -1.68. The van der Waals surface area contributed by atoms with E-state index < -0.39 is 162 Å². The Morgan fingerprint density at radius 3 is 1.45 bits per heavy atom. The third-order valence-corrected chi connectivity index (χ3v) is 17.1. The molecule has 11 amide bonds. The van der Waals surface area contributed by atoms with Crippen LogP contribution in [0.4, 0.5) is 0 Å². The average Bonchev–Trinajstić information content (AvgIpc) is 0.824. The molecule has 0 bridgehead atoms. The first-order chi connectivity index (χ1) is 43.1. The van der Waals surface area contributed by atoms with Gasteiger partial charge in [-0.1, -0.05) is 103 Å².